The summed E-state index contributed by atoms with van der Waals surface area (Å²) in [6.45, 7) is 1.72. The fourth-order valence-electron chi connectivity index (χ4n) is 1.41. The number of nitrogens with one attached hydrogen (secondary N) is 1. The van der Waals surface area contributed by atoms with E-state index in [-0.39, 0.29) is 24.0 Å². The molecule has 1 rings (SSSR count). The van der Waals surface area contributed by atoms with Crippen LogP contribution in [0, 0.1) is 5.82 Å². The molecule has 5 heteroatoms. The van der Waals surface area contributed by atoms with Crippen molar-refractivity contribution in [3.8, 4) is 5.75 Å². The summed E-state index contributed by atoms with van der Waals surface area (Å²) in [4.78, 5) is 11.7. The first-order valence-corrected chi connectivity index (χ1v) is 5.34. The van der Waals surface area contributed by atoms with Crippen molar-refractivity contribution in [3.63, 3.8) is 0 Å². The first-order valence-electron chi connectivity index (χ1n) is 5.34. The number of aliphatic hydroxyl groups excluding tert-OH is 1. The molecule has 0 aliphatic rings. The van der Waals surface area contributed by atoms with E-state index in [4.69, 9.17) is 9.84 Å². The van der Waals surface area contributed by atoms with Gasteiger partial charge in [0, 0.05) is 12.6 Å². The predicted molar refractivity (Wildman–Crippen MR) is 61.6 cm³/mol. The Balaban J connectivity index is 2.82. The first kappa shape index (κ1) is 13.4. The van der Waals surface area contributed by atoms with Crippen LogP contribution in [0.15, 0.2) is 18.2 Å². The minimum absolute atomic E-state index is 0.0258. The van der Waals surface area contributed by atoms with Gasteiger partial charge in [-0.15, -0.1) is 0 Å². The van der Waals surface area contributed by atoms with Crippen molar-refractivity contribution >= 4 is 5.91 Å². The first-order chi connectivity index (χ1) is 8.10. The molecule has 0 aromatic heterocycles. The molecule has 1 unspecified atom stereocenters. The lowest BCUT2D eigenvalue weighted by molar-refractivity contribution is 0.0929. The van der Waals surface area contributed by atoms with Gasteiger partial charge in [0.15, 0.2) is 11.6 Å². The largest absolute Gasteiger partial charge is 0.494 e. The second-order valence-corrected chi connectivity index (χ2v) is 3.71. The quantitative estimate of drug-likeness (QED) is 0.817. The van der Waals surface area contributed by atoms with Crippen molar-refractivity contribution in [1.29, 1.82) is 0 Å². The Kier molecular flexibility index (Phi) is 4.90. The smallest absolute Gasteiger partial charge is 0.254 e. The number of carbonyl (C=O) groups is 1. The number of halogens is 1. The van der Waals surface area contributed by atoms with E-state index in [1.165, 1.54) is 19.2 Å². The van der Waals surface area contributed by atoms with Crippen LogP contribution in [0.2, 0.25) is 0 Å². The Labute approximate surface area is 99.4 Å². The Bertz CT molecular complexity index is 395. The van der Waals surface area contributed by atoms with Gasteiger partial charge in [-0.3, -0.25) is 4.79 Å². The lowest BCUT2D eigenvalue weighted by atomic mass is 10.1. The third kappa shape index (κ3) is 3.42. The van der Waals surface area contributed by atoms with E-state index >= 15 is 0 Å². The van der Waals surface area contributed by atoms with Crippen molar-refractivity contribution in [2.45, 2.75) is 19.4 Å². The molecule has 1 aromatic rings. The van der Waals surface area contributed by atoms with Crippen molar-refractivity contribution < 1.29 is 19.0 Å². The van der Waals surface area contributed by atoms with Gasteiger partial charge < -0.3 is 15.2 Å². The summed E-state index contributed by atoms with van der Waals surface area (Å²) in [6, 6.07) is 4.17. The summed E-state index contributed by atoms with van der Waals surface area (Å²) in [6.07, 6.45) is 0.428. The standard InChI is InChI=1S/C12H16FNO3/c1-8(6-7-15)14-12(16)9-4-3-5-10(17-2)11(9)13/h3-5,8,15H,6-7H2,1-2H3,(H,14,16). The minimum Gasteiger partial charge on any atom is -0.494 e. The maximum absolute atomic E-state index is 13.7. The number of ether oxygens (including phenoxy) is 1. The number of methoxy groups -OCH3 is 1. The van der Waals surface area contributed by atoms with E-state index in [0.717, 1.165) is 0 Å². The van der Waals surface area contributed by atoms with Crippen LogP contribution in [0.1, 0.15) is 23.7 Å². The topological polar surface area (TPSA) is 58.6 Å². The molecule has 2 N–H and O–H groups in total. The van der Waals surface area contributed by atoms with Gasteiger partial charge in [0.25, 0.3) is 5.91 Å². The highest BCUT2D eigenvalue weighted by molar-refractivity contribution is 5.95. The predicted octanol–water partition coefficient (Wildman–Crippen LogP) is 1.33. The summed E-state index contributed by atoms with van der Waals surface area (Å²) in [7, 11) is 1.34. The minimum atomic E-state index is -0.677. The maximum atomic E-state index is 13.7. The molecule has 4 nitrogen and oxygen atoms in total. The van der Waals surface area contributed by atoms with Gasteiger partial charge in [-0.05, 0) is 25.5 Å². The lowest BCUT2D eigenvalue weighted by Crippen LogP contribution is -2.33. The van der Waals surface area contributed by atoms with Gasteiger partial charge in [0.05, 0.1) is 12.7 Å². The molecule has 0 fully saturated rings. The molecule has 17 heavy (non-hydrogen) atoms. The number of aliphatic hydroxyl groups is 1. The van der Waals surface area contributed by atoms with E-state index in [1.54, 1.807) is 13.0 Å². The number of benzene rings is 1. The molecule has 0 aliphatic carbocycles. The molecule has 0 heterocycles. The van der Waals surface area contributed by atoms with E-state index in [1.807, 2.05) is 0 Å². The number of carbonyl (C=O) groups excluding carboxylic acids is 1. The fraction of sp³-hybridized carbons (Fsp3) is 0.417. The summed E-state index contributed by atoms with van der Waals surface area (Å²) < 4.78 is 18.5. The number of rotatable bonds is 5. The van der Waals surface area contributed by atoms with Crippen LogP contribution in [-0.2, 0) is 0 Å². The van der Waals surface area contributed by atoms with Crippen LogP contribution in [0.3, 0.4) is 0 Å². The van der Waals surface area contributed by atoms with E-state index < -0.39 is 11.7 Å². The molecular weight excluding hydrogens is 225 g/mol. The maximum Gasteiger partial charge on any atom is 0.254 e. The molecule has 0 saturated heterocycles. The monoisotopic (exact) mass is 241 g/mol. The van der Waals surface area contributed by atoms with Crippen LogP contribution < -0.4 is 10.1 Å². The SMILES string of the molecule is COc1cccc(C(=O)NC(C)CCO)c1F. The van der Waals surface area contributed by atoms with Crippen LogP contribution in [0.4, 0.5) is 4.39 Å². The molecule has 1 aromatic carbocycles. The fourth-order valence-corrected chi connectivity index (χ4v) is 1.41. The molecule has 0 radical (unpaired) electrons. The summed E-state index contributed by atoms with van der Waals surface area (Å²) in [5, 5.41) is 11.3. The summed E-state index contributed by atoms with van der Waals surface area (Å²) in [5.74, 6) is -1.15. The molecule has 94 valence electrons. The Hall–Kier alpha value is -1.62. The summed E-state index contributed by atoms with van der Waals surface area (Å²) in [5.41, 5.74) is -0.0610. The van der Waals surface area contributed by atoms with Crippen LogP contribution in [0.5, 0.6) is 5.75 Å². The summed E-state index contributed by atoms with van der Waals surface area (Å²) >= 11 is 0. The van der Waals surface area contributed by atoms with Gasteiger partial charge >= 0.3 is 0 Å². The van der Waals surface area contributed by atoms with Crippen LogP contribution >= 0.6 is 0 Å². The van der Waals surface area contributed by atoms with Gasteiger partial charge in [-0.1, -0.05) is 6.07 Å². The number of amides is 1. The van der Waals surface area contributed by atoms with Gasteiger partial charge in [-0.25, -0.2) is 4.39 Å². The second-order valence-electron chi connectivity index (χ2n) is 3.71. The highest BCUT2D eigenvalue weighted by atomic mass is 19.1. The molecule has 1 amide bonds. The van der Waals surface area contributed by atoms with E-state index in [0.29, 0.717) is 6.42 Å². The van der Waals surface area contributed by atoms with Gasteiger partial charge in [-0.2, -0.15) is 0 Å². The Morgan fingerprint density at radius 1 is 1.59 bits per heavy atom. The molecular formula is C12H16FNO3. The Morgan fingerprint density at radius 2 is 2.29 bits per heavy atom. The highest BCUT2D eigenvalue weighted by Crippen LogP contribution is 2.19. The molecule has 0 aliphatic heterocycles. The zero-order valence-corrected chi connectivity index (χ0v) is 9.87. The van der Waals surface area contributed by atoms with E-state index in [9.17, 15) is 9.18 Å². The zero-order valence-electron chi connectivity index (χ0n) is 9.87. The Morgan fingerprint density at radius 3 is 2.88 bits per heavy atom. The number of hydrogen-bond acceptors (Lipinski definition) is 3. The molecule has 0 spiro atoms. The second kappa shape index (κ2) is 6.20. The third-order valence-electron chi connectivity index (χ3n) is 2.37. The molecule has 1 atom stereocenters. The van der Waals surface area contributed by atoms with E-state index in [2.05, 4.69) is 5.32 Å². The van der Waals surface area contributed by atoms with Crippen molar-refractivity contribution in [2.24, 2.45) is 0 Å². The van der Waals surface area contributed by atoms with Gasteiger partial charge in [0.2, 0.25) is 0 Å². The average molecular weight is 241 g/mol. The van der Waals surface area contributed by atoms with Crippen molar-refractivity contribution in [2.75, 3.05) is 13.7 Å². The van der Waals surface area contributed by atoms with Crippen LogP contribution in [-0.4, -0.2) is 30.8 Å². The van der Waals surface area contributed by atoms with Crippen molar-refractivity contribution in [1.82, 2.24) is 5.32 Å². The van der Waals surface area contributed by atoms with Crippen LogP contribution in [0.25, 0.3) is 0 Å². The molecule has 0 saturated carbocycles. The zero-order chi connectivity index (χ0) is 12.8. The third-order valence-corrected chi connectivity index (χ3v) is 2.37. The lowest BCUT2D eigenvalue weighted by Gasteiger charge is -2.13. The molecule has 0 bridgehead atoms. The number of hydrogen-bond donors (Lipinski definition) is 2. The van der Waals surface area contributed by atoms with Crippen molar-refractivity contribution in [3.05, 3.63) is 29.6 Å². The van der Waals surface area contributed by atoms with Gasteiger partial charge in [0.1, 0.15) is 0 Å². The normalized spacial score (nSPS) is 12.0. The highest BCUT2D eigenvalue weighted by Gasteiger charge is 2.16. The average Bonchev–Trinajstić information content (AvgIpc) is 2.29.